The van der Waals surface area contributed by atoms with E-state index < -0.39 is 36.4 Å². The Balaban J connectivity index is 1.78. The summed E-state index contributed by atoms with van der Waals surface area (Å²) in [4.78, 5) is 27.1. The maximum atomic E-state index is 12.5. The summed E-state index contributed by atoms with van der Waals surface area (Å²) in [6.07, 6.45) is 1.11. The Morgan fingerprint density at radius 2 is 2.20 bits per heavy atom. The third kappa shape index (κ3) is 4.52. The summed E-state index contributed by atoms with van der Waals surface area (Å²) < 4.78 is 7.44. The average Bonchev–Trinajstić information content (AvgIpc) is 3.29. The fourth-order valence-electron chi connectivity index (χ4n) is 3.36. The molecule has 1 aliphatic heterocycles. The number of imidazole rings is 1. The number of nitrogens with two attached hydrogens (primary N) is 1. The van der Waals surface area contributed by atoms with Gasteiger partial charge in [-0.3, -0.25) is 9.36 Å². The molecule has 1 amide bonds. The number of aromatic nitrogens is 4. The number of fused-ring (bicyclic) bond motifs is 1. The zero-order valence-corrected chi connectivity index (χ0v) is 18.1. The molecule has 0 saturated carbocycles. The molecule has 11 nitrogen and oxygen atoms in total. The second-order valence-corrected chi connectivity index (χ2v) is 8.52. The van der Waals surface area contributed by atoms with Crippen LogP contribution in [0.15, 0.2) is 12.7 Å². The van der Waals surface area contributed by atoms with Crippen LogP contribution >= 0.6 is 11.8 Å². The minimum Gasteiger partial charge on any atom is -0.394 e. The molecule has 12 heteroatoms. The molecule has 0 bridgehead atoms. The van der Waals surface area contributed by atoms with Crippen molar-refractivity contribution in [3.8, 4) is 0 Å². The summed E-state index contributed by atoms with van der Waals surface area (Å²) in [5.41, 5.74) is 7.00. The zero-order valence-electron chi connectivity index (χ0n) is 17.3. The van der Waals surface area contributed by atoms with Crippen molar-refractivity contribution in [2.45, 2.75) is 43.9 Å². The lowest BCUT2D eigenvalue weighted by Gasteiger charge is -2.22. The minimum atomic E-state index is -1.13. The van der Waals surface area contributed by atoms with Crippen LogP contribution in [0, 0.1) is 0 Å². The van der Waals surface area contributed by atoms with Crippen molar-refractivity contribution in [1.82, 2.24) is 24.8 Å². The maximum absolute atomic E-state index is 12.5. The first-order chi connectivity index (χ1) is 14.4. The second-order valence-electron chi connectivity index (χ2n) is 7.37. The van der Waals surface area contributed by atoms with Crippen LogP contribution < -0.4 is 16.0 Å². The molecule has 0 unspecified atom stereocenters. The Kier molecular flexibility index (Phi) is 7.47. The van der Waals surface area contributed by atoms with Gasteiger partial charge in [-0.15, -0.1) is 0 Å². The molecule has 0 aromatic carbocycles. The second kappa shape index (κ2) is 9.88. The Morgan fingerprint density at radius 3 is 2.87 bits per heavy atom. The van der Waals surface area contributed by atoms with E-state index in [2.05, 4.69) is 27.2 Å². The number of nitrogens with zero attached hydrogens (tertiary/aromatic N) is 5. The van der Waals surface area contributed by atoms with Gasteiger partial charge in [-0.2, -0.15) is 11.8 Å². The number of aliphatic hydroxyl groups is 2. The molecule has 0 radical (unpaired) electrons. The highest BCUT2D eigenvalue weighted by Gasteiger charge is 2.46. The Labute approximate surface area is 179 Å². The molecule has 0 aliphatic carbocycles. The van der Waals surface area contributed by atoms with Gasteiger partial charge in [0.2, 0.25) is 5.91 Å². The molecule has 3 rings (SSSR count). The van der Waals surface area contributed by atoms with Gasteiger partial charge in [-0.1, -0.05) is 6.92 Å². The monoisotopic (exact) mass is 439 g/mol. The number of hydrogen-bond acceptors (Lipinski definition) is 10. The number of rotatable bonds is 9. The van der Waals surface area contributed by atoms with Crippen LogP contribution in [0.2, 0.25) is 0 Å². The lowest BCUT2D eigenvalue weighted by molar-refractivity contribution is -0.123. The zero-order chi connectivity index (χ0) is 21.8. The van der Waals surface area contributed by atoms with Gasteiger partial charge < -0.3 is 30.9 Å². The predicted molar refractivity (Wildman–Crippen MR) is 114 cm³/mol. The van der Waals surface area contributed by atoms with Crippen LogP contribution in [0.25, 0.3) is 11.2 Å². The predicted octanol–water partition coefficient (Wildman–Crippen LogP) is -0.902. The number of hydrogen-bond donors (Lipinski definition) is 4. The number of carbonyl (C=O) groups excluding carboxylic acids is 1. The molecule has 3 heterocycles. The van der Waals surface area contributed by atoms with Gasteiger partial charge in [0.1, 0.15) is 18.5 Å². The number of thioether (sulfide) groups is 1. The summed E-state index contributed by atoms with van der Waals surface area (Å²) in [6.45, 7) is 1.69. The molecule has 0 spiro atoms. The first-order valence-electron chi connectivity index (χ1n) is 9.82. The molecule has 1 aliphatic rings. The van der Waals surface area contributed by atoms with Crippen LogP contribution in [0.1, 0.15) is 19.6 Å². The summed E-state index contributed by atoms with van der Waals surface area (Å²) in [7, 11) is 3.69. The van der Waals surface area contributed by atoms with Crippen molar-refractivity contribution < 1.29 is 19.7 Å². The van der Waals surface area contributed by atoms with E-state index in [0.717, 1.165) is 12.2 Å². The topological polar surface area (TPSA) is 152 Å². The van der Waals surface area contributed by atoms with Crippen LogP contribution in [0.5, 0.6) is 0 Å². The molecule has 30 heavy (non-hydrogen) atoms. The fourth-order valence-corrected chi connectivity index (χ4v) is 4.22. The Hall–Kier alpha value is -1.99. The number of anilines is 1. The standard InChI is InChI=1S/C18H29N7O4S/c1-4-5-30-7-10(19)17(28)23-12-11(6-26)29-18(14(12)27)25-9-22-13-15(24(2)3)20-8-21-16(13)25/h8-12,14,18,26-27H,4-7,19H2,1-3H3,(H,23,28)/t10-,11+,12+,14+,18+/m0/s1. The van der Waals surface area contributed by atoms with Crippen molar-refractivity contribution in [3.05, 3.63) is 12.7 Å². The smallest absolute Gasteiger partial charge is 0.238 e. The van der Waals surface area contributed by atoms with E-state index in [1.54, 1.807) is 16.3 Å². The summed E-state index contributed by atoms with van der Waals surface area (Å²) in [5.74, 6) is 1.64. The fraction of sp³-hybridized carbons (Fsp3) is 0.667. The normalized spacial score (nSPS) is 24.9. The van der Waals surface area contributed by atoms with Gasteiger partial charge in [-0.05, 0) is 12.2 Å². The first kappa shape index (κ1) is 22.7. The van der Waals surface area contributed by atoms with E-state index in [4.69, 9.17) is 10.5 Å². The molecule has 1 saturated heterocycles. The third-order valence-electron chi connectivity index (χ3n) is 4.88. The molecule has 2 aromatic heterocycles. The van der Waals surface area contributed by atoms with E-state index in [0.29, 0.717) is 22.7 Å². The van der Waals surface area contributed by atoms with Crippen molar-refractivity contribution >= 4 is 34.7 Å². The summed E-state index contributed by atoms with van der Waals surface area (Å²) >= 11 is 1.60. The molecule has 166 valence electrons. The number of nitrogens with one attached hydrogen (secondary N) is 1. The van der Waals surface area contributed by atoms with Crippen LogP contribution in [-0.4, -0.2) is 92.1 Å². The van der Waals surface area contributed by atoms with Crippen molar-refractivity contribution in [2.75, 3.05) is 37.1 Å². The van der Waals surface area contributed by atoms with Crippen molar-refractivity contribution in [2.24, 2.45) is 5.73 Å². The molecule has 1 fully saturated rings. The first-order valence-corrected chi connectivity index (χ1v) is 11.0. The number of ether oxygens (including phenoxy) is 1. The van der Waals surface area contributed by atoms with Gasteiger partial charge in [0, 0.05) is 19.8 Å². The van der Waals surface area contributed by atoms with Gasteiger partial charge in [0.05, 0.1) is 25.0 Å². The number of amides is 1. The van der Waals surface area contributed by atoms with E-state index in [9.17, 15) is 15.0 Å². The minimum absolute atomic E-state index is 0.372. The highest BCUT2D eigenvalue weighted by Crippen LogP contribution is 2.32. The molecular formula is C18H29N7O4S. The van der Waals surface area contributed by atoms with Crippen molar-refractivity contribution in [3.63, 3.8) is 0 Å². The number of carbonyl (C=O) groups is 1. The molecule has 5 atom stereocenters. The lowest BCUT2D eigenvalue weighted by Crippen LogP contribution is -2.53. The van der Waals surface area contributed by atoms with E-state index in [1.807, 2.05) is 19.0 Å². The molecular weight excluding hydrogens is 410 g/mol. The van der Waals surface area contributed by atoms with Crippen LogP contribution in [0.4, 0.5) is 5.82 Å². The Morgan fingerprint density at radius 1 is 1.43 bits per heavy atom. The quantitative estimate of drug-likeness (QED) is 0.362. The average molecular weight is 440 g/mol. The van der Waals surface area contributed by atoms with E-state index in [1.165, 1.54) is 12.7 Å². The molecule has 5 N–H and O–H groups in total. The SMILES string of the molecule is CCCSC[C@H](N)C(=O)N[C@H]1[C@@H](O)[C@H](n2cnc3c(N(C)C)ncnc32)O[C@@H]1CO. The summed E-state index contributed by atoms with van der Waals surface area (Å²) in [6, 6.07) is -1.53. The highest BCUT2D eigenvalue weighted by atomic mass is 32.2. The van der Waals surface area contributed by atoms with Crippen LogP contribution in [0.3, 0.4) is 0 Å². The maximum Gasteiger partial charge on any atom is 0.238 e. The lowest BCUT2D eigenvalue weighted by atomic mass is 10.1. The van der Waals surface area contributed by atoms with E-state index in [-0.39, 0.29) is 6.61 Å². The third-order valence-corrected chi connectivity index (χ3v) is 6.18. The van der Waals surface area contributed by atoms with Gasteiger partial charge in [0.25, 0.3) is 0 Å². The van der Waals surface area contributed by atoms with Gasteiger partial charge in [-0.25, -0.2) is 15.0 Å². The summed E-state index contributed by atoms with van der Waals surface area (Å²) in [5, 5.41) is 23.4. The van der Waals surface area contributed by atoms with Gasteiger partial charge in [0.15, 0.2) is 23.2 Å². The number of aliphatic hydroxyl groups excluding tert-OH is 2. The highest BCUT2D eigenvalue weighted by molar-refractivity contribution is 7.99. The molecule has 2 aromatic rings. The van der Waals surface area contributed by atoms with Crippen LogP contribution in [-0.2, 0) is 9.53 Å². The van der Waals surface area contributed by atoms with Gasteiger partial charge >= 0.3 is 0 Å². The Bertz CT molecular complexity index is 864. The largest absolute Gasteiger partial charge is 0.394 e. The van der Waals surface area contributed by atoms with Crippen molar-refractivity contribution in [1.29, 1.82) is 0 Å². The van der Waals surface area contributed by atoms with E-state index >= 15 is 0 Å².